The van der Waals surface area contributed by atoms with Crippen LogP contribution in [0.1, 0.15) is 50.4 Å². The molecule has 0 bridgehead atoms. The predicted molar refractivity (Wildman–Crippen MR) is 154 cm³/mol. The fourth-order valence-corrected chi connectivity index (χ4v) is 5.61. The molecule has 0 saturated carbocycles. The zero-order valence-corrected chi connectivity index (χ0v) is 23.6. The molecule has 2 aromatic heterocycles. The van der Waals surface area contributed by atoms with E-state index in [1.54, 1.807) is 12.1 Å². The molecule has 5 rings (SSSR count). The van der Waals surface area contributed by atoms with Crippen LogP contribution in [-0.4, -0.2) is 26.5 Å². The van der Waals surface area contributed by atoms with Gasteiger partial charge in [0.05, 0.1) is 22.4 Å². The van der Waals surface area contributed by atoms with Gasteiger partial charge in [0.15, 0.2) is 0 Å². The van der Waals surface area contributed by atoms with E-state index in [0.717, 1.165) is 58.5 Å². The van der Waals surface area contributed by atoms with Crippen LogP contribution in [0, 0.1) is 23.0 Å². The molecule has 1 fully saturated rings. The average molecular weight is 573 g/mol. The van der Waals surface area contributed by atoms with Crippen molar-refractivity contribution >= 4 is 45.1 Å². The van der Waals surface area contributed by atoms with Crippen LogP contribution in [0.2, 0.25) is 12.6 Å². The van der Waals surface area contributed by atoms with Gasteiger partial charge >= 0.3 is 0 Å². The fourth-order valence-electron chi connectivity index (χ4n) is 5.12. The third-order valence-corrected chi connectivity index (χ3v) is 8.08. The summed E-state index contributed by atoms with van der Waals surface area (Å²) in [5.74, 6) is 3.20. The number of hydrogen-bond acceptors (Lipinski definition) is 5. The number of halogens is 2. The second-order valence-corrected chi connectivity index (χ2v) is 12.1. The molecule has 1 N–H and O–H groups in total. The molecule has 0 spiro atoms. The molecule has 3 heterocycles. The Morgan fingerprint density at radius 1 is 1.16 bits per heavy atom. The SMILES string of the molecule is CC(C)(C)n1ccc(Cc2ccc(Nc3ncnc4cc(Br)c(CC5CCB(C#N)CC5)cc34)c(F)c2)n1. The van der Waals surface area contributed by atoms with E-state index in [9.17, 15) is 5.26 Å². The van der Waals surface area contributed by atoms with Crippen LogP contribution in [0.25, 0.3) is 10.9 Å². The van der Waals surface area contributed by atoms with Crippen LogP contribution in [-0.2, 0) is 18.4 Å². The molecule has 0 atom stereocenters. The molecule has 9 heteroatoms. The van der Waals surface area contributed by atoms with Crippen molar-refractivity contribution in [1.29, 1.82) is 5.26 Å². The van der Waals surface area contributed by atoms with Gasteiger partial charge in [0.25, 0.3) is 6.71 Å². The summed E-state index contributed by atoms with van der Waals surface area (Å²) in [6, 6.07) is 11.3. The first-order valence-electron chi connectivity index (χ1n) is 13.1. The van der Waals surface area contributed by atoms with Crippen LogP contribution in [0.15, 0.2) is 53.4 Å². The molecule has 0 amide bonds. The summed E-state index contributed by atoms with van der Waals surface area (Å²) < 4.78 is 18.1. The number of rotatable bonds is 6. The number of nitrogens with one attached hydrogen (secondary N) is 1. The van der Waals surface area contributed by atoms with Crippen LogP contribution in [0.5, 0.6) is 0 Å². The van der Waals surface area contributed by atoms with Gasteiger partial charge in [0, 0.05) is 28.4 Å². The topological polar surface area (TPSA) is 79.4 Å². The summed E-state index contributed by atoms with van der Waals surface area (Å²) in [7, 11) is 0. The Morgan fingerprint density at radius 2 is 1.95 bits per heavy atom. The molecule has 0 aliphatic carbocycles. The molecule has 194 valence electrons. The number of nitriles is 1. The highest BCUT2D eigenvalue weighted by molar-refractivity contribution is 9.10. The average Bonchev–Trinajstić information content (AvgIpc) is 3.36. The molecule has 0 radical (unpaired) electrons. The second kappa shape index (κ2) is 10.9. The lowest BCUT2D eigenvalue weighted by atomic mass is 9.41. The summed E-state index contributed by atoms with van der Waals surface area (Å²) in [5, 5.41) is 17.9. The quantitative estimate of drug-likeness (QED) is 0.245. The normalized spacial score (nSPS) is 14.6. The van der Waals surface area contributed by atoms with Crippen molar-refractivity contribution < 1.29 is 4.39 Å². The monoisotopic (exact) mass is 572 g/mol. The molecule has 0 unspecified atom stereocenters. The van der Waals surface area contributed by atoms with E-state index < -0.39 is 0 Å². The summed E-state index contributed by atoms with van der Waals surface area (Å²) in [6.07, 6.45) is 9.01. The lowest BCUT2D eigenvalue weighted by molar-refractivity contribution is 0.353. The largest absolute Gasteiger partial charge is 0.337 e. The minimum atomic E-state index is -0.337. The van der Waals surface area contributed by atoms with Crippen molar-refractivity contribution in [2.75, 3.05) is 5.32 Å². The molecule has 1 aliphatic rings. The number of aromatic nitrogens is 4. The summed E-state index contributed by atoms with van der Waals surface area (Å²) in [4.78, 5) is 8.88. The van der Waals surface area contributed by atoms with E-state index in [4.69, 9.17) is 0 Å². The highest BCUT2D eigenvalue weighted by Gasteiger charge is 2.25. The summed E-state index contributed by atoms with van der Waals surface area (Å²) in [6.45, 7) is 6.49. The fraction of sp³-hybridized carbons (Fsp3) is 0.379. The van der Waals surface area contributed by atoms with E-state index >= 15 is 4.39 Å². The zero-order valence-electron chi connectivity index (χ0n) is 22.0. The third kappa shape index (κ3) is 5.91. The molecule has 2 aromatic carbocycles. The number of hydrogen-bond donors (Lipinski definition) is 1. The minimum absolute atomic E-state index is 0.0933. The number of fused-ring (bicyclic) bond motifs is 1. The summed E-state index contributed by atoms with van der Waals surface area (Å²) >= 11 is 3.72. The van der Waals surface area contributed by atoms with Gasteiger partial charge in [-0.1, -0.05) is 47.5 Å². The second-order valence-electron chi connectivity index (χ2n) is 11.3. The van der Waals surface area contributed by atoms with Crippen molar-refractivity contribution in [3.05, 3.63) is 76.0 Å². The smallest absolute Gasteiger partial charge is 0.267 e. The number of nitrogens with zero attached hydrogens (tertiary/aromatic N) is 5. The van der Waals surface area contributed by atoms with Crippen molar-refractivity contribution in [3.63, 3.8) is 0 Å². The Morgan fingerprint density at radius 3 is 2.63 bits per heavy atom. The van der Waals surface area contributed by atoms with Crippen LogP contribution >= 0.6 is 15.9 Å². The van der Waals surface area contributed by atoms with E-state index in [2.05, 4.69) is 69.1 Å². The van der Waals surface area contributed by atoms with Gasteiger partial charge in [0.1, 0.15) is 18.0 Å². The lowest BCUT2D eigenvalue weighted by Gasteiger charge is -2.23. The van der Waals surface area contributed by atoms with E-state index in [1.165, 1.54) is 11.9 Å². The first kappa shape index (κ1) is 26.4. The Labute approximate surface area is 231 Å². The van der Waals surface area contributed by atoms with Gasteiger partial charge in [0.2, 0.25) is 0 Å². The third-order valence-electron chi connectivity index (χ3n) is 7.34. The van der Waals surface area contributed by atoms with Crippen molar-refractivity contribution in [3.8, 4) is 5.97 Å². The highest BCUT2D eigenvalue weighted by Crippen LogP contribution is 2.34. The van der Waals surface area contributed by atoms with Crippen molar-refractivity contribution in [1.82, 2.24) is 19.7 Å². The lowest BCUT2D eigenvalue weighted by Crippen LogP contribution is -2.22. The Bertz CT molecular complexity index is 1500. The van der Waals surface area contributed by atoms with E-state index in [-0.39, 0.29) is 18.1 Å². The van der Waals surface area contributed by atoms with Crippen molar-refractivity contribution in [2.45, 2.75) is 64.6 Å². The maximum Gasteiger partial charge on any atom is 0.267 e. The molecule has 1 aliphatic heterocycles. The minimum Gasteiger partial charge on any atom is -0.337 e. The van der Waals surface area contributed by atoms with E-state index in [1.807, 2.05) is 29.1 Å². The summed E-state index contributed by atoms with van der Waals surface area (Å²) in [5.41, 5.74) is 4.01. The molecular formula is C29H31BBrFN6. The molecule has 4 aromatic rings. The van der Waals surface area contributed by atoms with Crippen LogP contribution in [0.3, 0.4) is 0 Å². The van der Waals surface area contributed by atoms with Crippen LogP contribution < -0.4 is 5.32 Å². The Kier molecular flexibility index (Phi) is 7.53. The van der Waals surface area contributed by atoms with Crippen LogP contribution in [0.4, 0.5) is 15.9 Å². The first-order valence-corrected chi connectivity index (χ1v) is 13.9. The standard InChI is InChI=1S/C29H31BBrFN6/c1-29(2,3)38-11-8-22(37-38)13-20-4-5-26(25(32)14-20)36-28-23-15-21(24(31)16-27(23)34-18-35-28)12-19-6-9-30(17-33)10-7-19/h4-5,8,11,14-16,18-19H,6-7,9-10,12-13H2,1-3H3,(H,34,35,36). The van der Waals surface area contributed by atoms with E-state index in [0.29, 0.717) is 23.8 Å². The molecule has 1 saturated heterocycles. The molecular weight excluding hydrogens is 542 g/mol. The Hall–Kier alpha value is -3.25. The predicted octanol–water partition coefficient (Wildman–Crippen LogP) is 7.33. The maximum absolute atomic E-state index is 15.2. The van der Waals surface area contributed by atoms with Gasteiger partial charge < -0.3 is 5.32 Å². The number of anilines is 2. The van der Waals surface area contributed by atoms with Gasteiger partial charge in [-0.2, -0.15) is 5.10 Å². The Balaban J connectivity index is 1.35. The zero-order chi connectivity index (χ0) is 26.9. The van der Waals surface area contributed by atoms with Gasteiger partial charge in [-0.25, -0.2) is 19.6 Å². The number of benzene rings is 2. The molecule has 38 heavy (non-hydrogen) atoms. The van der Waals surface area contributed by atoms with Gasteiger partial charge in [-0.05, 0) is 74.6 Å². The molecule has 6 nitrogen and oxygen atoms in total. The van der Waals surface area contributed by atoms with Crippen molar-refractivity contribution in [2.24, 2.45) is 5.92 Å². The first-order chi connectivity index (χ1) is 18.2. The maximum atomic E-state index is 15.2. The highest BCUT2D eigenvalue weighted by atomic mass is 79.9. The van der Waals surface area contributed by atoms with Gasteiger partial charge in [-0.3, -0.25) is 4.68 Å². The van der Waals surface area contributed by atoms with Gasteiger partial charge in [-0.15, -0.1) is 0 Å².